The first-order valence-electron chi connectivity index (χ1n) is 11.6. The molecule has 3 heterocycles. The van der Waals surface area contributed by atoms with Gasteiger partial charge in [-0.1, -0.05) is 41.7 Å². The van der Waals surface area contributed by atoms with E-state index in [4.69, 9.17) is 9.57 Å². The number of hydroxylamine groups is 2. The van der Waals surface area contributed by atoms with Gasteiger partial charge in [0.2, 0.25) is 0 Å². The molecule has 1 aromatic carbocycles. The Morgan fingerprint density at radius 1 is 1.12 bits per heavy atom. The molecule has 1 aromatic heterocycles. The van der Waals surface area contributed by atoms with E-state index in [2.05, 4.69) is 10.2 Å². The molecule has 2 atom stereocenters. The molecule has 9 heteroatoms. The van der Waals surface area contributed by atoms with Gasteiger partial charge in [0.05, 0.1) is 18.0 Å². The number of ether oxygens (including phenoxy) is 1. The number of piperidine rings is 1. The first-order chi connectivity index (χ1) is 15.8. The largest absolute Gasteiger partial charge is 0.460 e. The lowest BCUT2D eigenvalue weighted by atomic mass is 9.75. The van der Waals surface area contributed by atoms with E-state index in [9.17, 15) is 9.59 Å². The van der Waals surface area contributed by atoms with Crippen LogP contribution in [-0.2, 0) is 21.0 Å². The normalized spacial score (nSPS) is 26.9. The van der Waals surface area contributed by atoms with Gasteiger partial charge in [-0.15, -0.1) is 10.2 Å². The molecule has 2 amide bonds. The maximum Gasteiger partial charge on any atom is 0.344 e. The summed E-state index contributed by atoms with van der Waals surface area (Å²) in [6, 6.07) is 9.80. The standard InChI is InChI=1S/C24H30N4O4S/c1-24(2,3)32-22(29)17-11-16(12-17)20-25-26-21(33-20)19-10-9-18-13-27(19)23(30)28(18)31-14-15-7-5-4-6-8-15/h4-8,16-19H,9-14H2,1-3H3/t16?,17?,18-,19+/m1/s1. The number of urea groups is 1. The van der Waals surface area contributed by atoms with Crippen LogP contribution in [-0.4, -0.2) is 50.3 Å². The average molecular weight is 471 g/mol. The average Bonchev–Trinajstić information content (AvgIpc) is 3.29. The molecular formula is C24H30N4O4S. The van der Waals surface area contributed by atoms with Crippen LogP contribution in [0.15, 0.2) is 30.3 Å². The van der Waals surface area contributed by atoms with Gasteiger partial charge in [-0.25, -0.2) is 4.79 Å². The molecule has 0 spiro atoms. The maximum absolute atomic E-state index is 13.1. The van der Waals surface area contributed by atoms with Gasteiger partial charge >= 0.3 is 12.0 Å². The van der Waals surface area contributed by atoms with Gasteiger partial charge in [-0.2, -0.15) is 5.06 Å². The van der Waals surface area contributed by atoms with E-state index in [-0.39, 0.29) is 35.9 Å². The quantitative estimate of drug-likeness (QED) is 0.580. The molecule has 5 rings (SSSR count). The summed E-state index contributed by atoms with van der Waals surface area (Å²) in [5.41, 5.74) is 0.579. The van der Waals surface area contributed by atoms with E-state index in [1.165, 1.54) is 0 Å². The predicted molar refractivity (Wildman–Crippen MR) is 122 cm³/mol. The molecule has 2 aromatic rings. The van der Waals surface area contributed by atoms with Gasteiger partial charge in [0.1, 0.15) is 22.2 Å². The number of aromatic nitrogens is 2. The predicted octanol–water partition coefficient (Wildman–Crippen LogP) is 4.45. The fourth-order valence-electron chi connectivity index (χ4n) is 4.72. The Labute approximate surface area is 197 Å². The lowest BCUT2D eigenvalue weighted by molar-refractivity contribution is -0.163. The highest BCUT2D eigenvalue weighted by Gasteiger charge is 2.47. The number of amides is 2. The van der Waals surface area contributed by atoms with Crippen LogP contribution in [0.1, 0.15) is 74.0 Å². The van der Waals surface area contributed by atoms with Crippen molar-refractivity contribution in [2.45, 2.75) is 76.7 Å². The fraction of sp³-hybridized carbons (Fsp3) is 0.583. The van der Waals surface area contributed by atoms with Crippen LogP contribution in [0.2, 0.25) is 0 Å². The second-order valence-electron chi connectivity index (χ2n) is 10.1. The molecule has 3 aliphatic rings. The minimum absolute atomic E-state index is 0.0625. The van der Waals surface area contributed by atoms with Crippen molar-refractivity contribution in [3.05, 3.63) is 45.9 Å². The number of hydrogen-bond acceptors (Lipinski definition) is 7. The van der Waals surface area contributed by atoms with E-state index in [0.29, 0.717) is 13.2 Å². The zero-order chi connectivity index (χ0) is 23.2. The van der Waals surface area contributed by atoms with Crippen molar-refractivity contribution in [3.63, 3.8) is 0 Å². The summed E-state index contributed by atoms with van der Waals surface area (Å²) < 4.78 is 5.50. The third-order valence-corrected chi connectivity index (χ3v) is 7.69. The third-order valence-electron chi connectivity index (χ3n) is 6.50. The van der Waals surface area contributed by atoms with Crippen molar-refractivity contribution in [2.24, 2.45) is 5.92 Å². The van der Waals surface area contributed by atoms with Gasteiger partial charge in [0.15, 0.2) is 0 Å². The molecule has 176 valence electrons. The van der Waals surface area contributed by atoms with Gasteiger partial charge in [0.25, 0.3) is 0 Å². The van der Waals surface area contributed by atoms with Crippen molar-refractivity contribution in [2.75, 3.05) is 6.54 Å². The van der Waals surface area contributed by atoms with Gasteiger partial charge in [-0.05, 0) is 52.0 Å². The summed E-state index contributed by atoms with van der Waals surface area (Å²) in [7, 11) is 0. The molecule has 1 saturated carbocycles. The number of esters is 1. The molecule has 1 aliphatic carbocycles. The van der Waals surface area contributed by atoms with Gasteiger partial charge in [0, 0.05) is 12.5 Å². The molecule has 0 N–H and O–H groups in total. The highest BCUT2D eigenvalue weighted by Crippen LogP contribution is 2.46. The van der Waals surface area contributed by atoms with Crippen LogP contribution in [0.25, 0.3) is 0 Å². The molecule has 8 nitrogen and oxygen atoms in total. The summed E-state index contributed by atoms with van der Waals surface area (Å²) in [6.45, 7) is 6.70. The molecule has 3 fully saturated rings. The molecule has 0 unspecified atom stereocenters. The Kier molecular flexibility index (Phi) is 5.86. The first kappa shape index (κ1) is 22.3. The zero-order valence-corrected chi connectivity index (χ0v) is 20.1. The zero-order valence-electron chi connectivity index (χ0n) is 19.3. The van der Waals surface area contributed by atoms with E-state index < -0.39 is 5.60 Å². The van der Waals surface area contributed by atoms with Crippen LogP contribution in [0.3, 0.4) is 0 Å². The summed E-state index contributed by atoms with van der Waals surface area (Å²) in [4.78, 5) is 33.1. The van der Waals surface area contributed by atoms with E-state index in [1.807, 2.05) is 56.0 Å². The van der Waals surface area contributed by atoms with Crippen LogP contribution in [0.5, 0.6) is 0 Å². The minimum atomic E-state index is -0.460. The Morgan fingerprint density at radius 3 is 2.58 bits per heavy atom. The number of carbonyl (C=O) groups is 2. The Morgan fingerprint density at radius 2 is 1.85 bits per heavy atom. The van der Waals surface area contributed by atoms with E-state index >= 15 is 0 Å². The number of carbonyl (C=O) groups excluding carboxylic acids is 2. The Hall–Kier alpha value is -2.52. The summed E-state index contributed by atoms with van der Waals surface area (Å²) >= 11 is 1.57. The molecule has 2 aliphatic heterocycles. The third kappa shape index (κ3) is 4.61. The summed E-state index contributed by atoms with van der Waals surface area (Å²) in [5, 5.41) is 12.2. The molecule has 2 saturated heterocycles. The lowest BCUT2D eigenvalue weighted by Crippen LogP contribution is -2.35. The minimum Gasteiger partial charge on any atom is -0.460 e. The van der Waals surface area contributed by atoms with Crippen molar-refractivity contribution in [3.8, 4) is 0 Å². The van der Waals surface area contributed by atoms with E-state index in [1.54, 1.807) is 16.4 Å². The molecule has 33 heavy (non-hydrogen) atoms. The van der Waals surface area contributed by atoms with Crippen molar-refractivity contribution >= 4 is 23.3 Å². The first-order valence-corrected chi connectivity index (χ1v) is 12.4. The number of fused-ring (bicyclic) bond motifs is 2. The number of benzene rings is 1. The second kappa shape index (κ2) is 8.68. The van der Waals surface area contributed by atoms with E-state index in [0.717, 1.165) is 41.3 Å². The molecular weight excluding hydrogens is 440 g/mol. The Balaban J connectivity index is 1.18. The van der Waals surface area contributed by atoms with Crippen LogP contribution < -0.4 is 0 Å². The second-order valence-corrected chi connectivity index (χ2v) is 11.2. The smallest absolute Gasteiger partial charge is 0.344 e. The highest BCUT2D eigenvalue weighted by atomic mass is 32.1. The number of rotatable bonds is 6. The summed E-state index contributed by atoms with van der Waals surface area (Å²) in [5.74, 6) is 0.0534. The number of nitrogens with zero attached hydrogens (tertiary/aromatic N) is 4. The Bertz CT molecular complexity index is 1010. The lowest BCUT2D eigenvalue weighted by Gasteiger charge is -2.34. The monoisotopic (exact) mass is 470 g/mol. The van der Waals surface area contributed by atoms with Crippen molar-refractivity contribution in [1.29, 1.82) is 0 Å². The maximum atomic E-state index is 13.1. The van der Waals surface area contributed by atoms with Gasteiger partial charge in [-0.3, -0.25) is 9.63 Å². The van der Waals surface area contributed by atoms with Crippen molar-refractivity contribution in [1.82, 2.24) is 20.2 Å². The van der Waals surface area contributed by atoms with Gasteiger partial charge < -0.3 is 9.64 Å². The van der Waals surface area contributed by atoms with Crippen LogP contribution in [0, 0.1) is 5.92 Å². The van der Waals surface area contributed by atoms with Crippen LogP contribution >= 0.6 is 11.3 Å². The number of hydrogen-bond donors (Lipinski definition) is 0. The molecule has 2 bridgehead atoms. The summed E-state index contributed by atoms with van der Waals surface area (Å²) in [6.07, 6.45) is 3.22. The van der Waals surface area contributed by atoms with Crippen LogP contribution in [0.4, 0.5) is 4.79 Å². The topological polar surface area (TPSA) is 84.9 Å². The fourth-order valence-corrected chi connectivity index (χ4v) is 5.83. The highest BCUT2D eigenvalue weighted by molar-refractivity contribution is 7.11. The molecule has 0 radical (unpaired) electrons. The van der Waals surface area contributed by atoms with Crippen molar-refractivity contribution < 1.29 is 19.2 Å². The SMILES string of the molecule is CC(C)(C)OC(=O)C1CC(c2nnc([C@@H]3CC[C@@H]4CN3C(=O)N4OCc3ccccc3)s2)C1.